The number of hydrogen-bond donors (Lipinski definition) is 1. The van der Waals surface area contributed by atoms with Gasteiger partial charge in [0.05, 0.1) is 0 Å². The van der Waals surface area contributed by atoms with E-state index in [1.54, 1.807) is 11.3 Å². The highest BCUT2D eigenvalue weighted by atomic mass is 35.5. The summed E-state index contributed by atoms with van der Waals surface area (Å²) >= 11 is 7.68. The predicted octanol–water partition coefficient (Wildman–Crippen LogP) is 3.48. The van der Waals surface area contributed by atoms with Crippen LogP contribution in [0.4, 0.5) is 0 Å². The normalized spacial score (nSPS) is 10.1. The van der Waals surface area contributed by atoms with Crippen LogP contribution in [0, 0.1) is 0 Å². The first-order valence-electron chi connectivity index (χ1n) is 4.17. The molecule has 2 aromatic rings. The Morgan fingerprint density at radius 3 is 2.79 bits per heavy atom. The van der Waals surface area contributed by atoms with Crippen LogP contribution in [0.5, 0.6) is 0 Å². The first-order chi connectivity index (χ1) is 6.29. The van der Waals surface area contributed by atoms with Crippen molar-refractivity contribution in [3.8, 4) is 0 Å². The fourth-order valence-electron chi connectivity index (χ4n) is 1.33. The standard InChI is InChI=1S/C10H10ClNS.ClH/c11-8-1-2-10-7(5-8)6-9(13-10)3-4-12;/h1-2,5-6H,3-4,12H2;1H. The van der Waals surface area contributed by atoms with Crippen LogP contribution < -0.4 is 5.73 Å². The lowest BCUT2D eigenvalue weighted by Crippen LogP contribution is -2.00. The van der Waals surface area contributed by atoms with Gasteiger partial charge in [0.1, 0.15) is 0 Å². The van der Waals surface area contributed by atoms with Crippen LogP contribution >= 0.6 is 35.3 Å². The van der Waals surface area contributed by atoms with Gasteiger partial charge in [-0.15, -0.1) is 23.7 Å². The summed E-state index contributed by atoms with van der Waals surface area (Å²) in [7, 11) is 0. The molecule has 2 N–H and O–H groups in total. The average molecular weight is 248 g/mol. The highest BCUT2D eigenvalue weighted by Gasteiger charge is 2.00. The lowest BCUT2D eigenvalue weighted by molar-refractivity contribution is 0.989. The largest absolute Gasteiger partial charge is 0.330 e. The molecule has 1 nitrogen and oxygen atoms in total. The third kappa shape index (κ3) is 2.39. The van der Waals surface area contributed by atoms with E-state index in [1.165, 1.54) is 15.0 Å². The summed E-state index contributed by atoms with van der Waals surface area (Å²) in [5.41, 5.74) is 5.49. The second-order valence-electron chi connectivity index (χ2n) is 2.93. The van der Waals surface area contributed by atoms with Crippen molar-refractivity contribution in [2.45, 2.75) is 6.42 Å². The van der Waals surface area contributed by atoms with Gasteiger partial charge in [0.2, 0.25) is 0 Å². The molecule has 0 radical (unpaired) electrons. The molecule has 0 fully saturated rings. The minimum Gasteiger partial charge on any atom is -0.330 e. The second-order valence-corrected chi connectivity index (χ2v) is 4.54. The Morgan fingerprint density at radius 1 is 1.29 bits per heavy atom. The maximum atomic E-state index is 5.88. The van der Waals surface area contributed by atoms with Crippen molar-refractivity contribution in [1.29, 1.82) is 0 Å². The molecule has 0 aliphatic rings. The van der Waals surface area contributed by atoms with Crippen molar-refractivity contribution >= 4 is 45.4 Å². The Hall–Kier alpha value is -0.280. The van der Waals surface area contributed by atoms with Crippen molar-refractivity contribution < 1.29 is 0 Å². The van der Waals surface area contributed by atoms with Gasteiger partial charge in [-0.25, -0.2) is 0 Å². The molecule has 0 spiro atoms. The van der Waals surface area contributed by atoms with E-state index >= 15 is 0 Å². The minimum absolute atomic E-state index is 0. The zero-order valence-corrected chi connectivity index (χ0v) is 9.88. The zero-order valence-electron chi connectivity index (χ0n) is 7.50. The van der Waals surface area contributed by atoms with E-state index in [0.717, 1.165) is 11.4 Å². The van der Waals surface area contributed by atoms with Gasteiger partial charge in [-0.1, -0.05) is 11.6 Å². The molecule has 0 aliphatic heterocycles. The Balaban J connectivity index is 0.000000980. The molecular formula is C10H11Cl2NS. The average Bonchev–Trinajstić information content (AvgIpc) is 2.46. The number of fused-ring (bicyclic) bond motifs is 1. The fraction of sp³-hybridized carbons (Fsp3) is 0.200. The second kappa shape index (κ2) is 4.99. The van der Waals surface area contributed by atoms with Gasteiger partial charge in [0.25, 0.3) is 0 Å². The summed E-state index contributed by atoms with van der Waals surface area (Å²) in [6, 6.07) is 8.14. The molecule has 1 aromatic carbocycles. The van der Waals surface area contributed by atoms with Crippen LogP contribution in [0.1, 0.15) is 4.88 Å². The number of thiophene rings is 1. The van der Waals surface area contributed by atoms with Gasteiger partial charge in [0.15, 0.2) is 0 Å². The van der Waals surface area contributed by atoms with Gasteiger partial charge >= 0.3 is 0 Å². The van der Waals surface area contributed by atoms with E-state index in [9.17, 15) is 0 Å². The van der Waals surface area contributed by atoms with Crippen molar-refractivity contribution in [3.05, 3.63) is 34.2 Å². The van der Waals surface area contributed by atoms with E-state index < -0.39 is 0 Å². The quantitative estimate of drug-likeness (QED) is 0.865. The Bertz CT molecular complexity index is 425. The van der Waals surface area contributed by atoms with Gasteiger partial charge in [0, 0.05) is 14.6 Å². The van der Waals surface area contributed by atoms with Crippen molar-refractivity contribution in [1.82, 2.24) is 0 Å². The topological polar surface area (TPSA) is 26.0 Å². The molecule has 76 valence electrons. The molecule has 4 heteroatoms. The lowest BCUT2D eigenvalue weighted by Gasteiger charge is -1.88. The Morgan fingerprint density at radius 2 is 2.07 bits per heavy atom. The van der Waals surface area contributed by atoms with E-state index in [0.29, 0.717) is 6.54 Å². The van der Waals surface area contributed by atoms with Crippen LogP contribution in [-0.4, -0.2) is 6.54 Å². The molecule has 0 atom stereocenters. The molecule has 0 unspecified atom stereocenters. The summed E-state index contributed by atoms with van der Waals surface area (Å²) in [6.45, 7) is 0.709. The fourth-order valence-corrected chi connectivity index (χ4v) is 2.58. The highest BCUT2D eigenvalue weighted by molar-refractivity contribution is 7.19. The molecule has 14 heavy (non-hydrogen) atoms. The van der Waals surface area contributed by atoms with Crippen molar-refractivity contribution in [3.63, 3.8) is 0 Å². The maximum Gasteiger partial charge on any atom is 0.0412 e. The number of halogens is 2. The van der Waals surface area contributed by atoms with Crippen LogP contribution in [0.25, 0.3) is 10.1 Å². The van der Waals surface area contributed by atoms with Crippen LogP contribution in [0.2, 0.25) is 5.02 Å². The number of rotatable bonds is 2. The third-order valence-corrected chi connectivity index (χ3v) is 3.33. The zero-order chi connectivity index (χ0) is 9.26. The van der Waals surface area contributed by atoms with Crippen LogP contribution in [0.3, 0.4) is 0 Å². The SMILES string of the molecule is Cl.NCCc1cc2cc(Cl)ccc2s1. The number of hydrogen-bond acceptors (Lipinski definition) is 2. The highest BCUT2D eigenvalue weighted by Crippen LogP contribution is 2.27. The van der Waals surface area contributed by atoms with Crippen LogP contribution in [-0.2, 0) is 6.42 Å². The minimum atomic E-state index is 0. The maximum absolute atomic E-state index is 5.88. The molecular weight excluding hydrogens is 237 g/mol. The molecule has 0 bridgehead atoms. The number of nitrogens with two attached hydrogens (primary N) is 1. The molecule has 2 rings (SSSR count). The summed E-state index contributed by atoms with van der Waals surface area (Å²) in [5, 5.41) is 2.02. The molecule has 0 amide bonds. The summed E-state index contributed by atoms with van der Waals surface area (Å²) in [5.74, 6) is 0. The van der Waals surface area contributed by atoms with Gasteiger partial charge in [-0.2, -0.15) is 0 Å². The van der Waals surface area contributed by atoms with E-state index in [4.69, 9.17) is 17.3 Å². The van der Waals surface area contributed by atoms with Gasteiger partial charge < -0.3 is 5.73 Å². The van der Waals surface area contributed by atoms with Crippen LogP contribution in [0.15, 0.2) is 24.3 Å². The third-order valence-electron chi connectivity index (χ3n) is 1.92. The Labute approximate surface area is 98.3 Å². The molecule has 0 saturated heterocycles. The van der Waals surface area contributed by atoms with E-state index in [-0.39, 0.29) is 12.4 Å². The summed E-state index contributed by atoms with van der Waals surface area (Å²) < 4.78 is 1.29. The van der Waals surface area contributed by atoms with Crippen molar-refractivity contribution in [2.75, 3.05) is 6.54 Å². The van der Waals surface area contributed by atoms with Gasteiger partial charge in [-0.3, -0.25) is 0 Å². The molecule has 0 saturated carbocycles. The smallest absolute Gasteiger partial charge is 0.0412 e. The Kier molecular flexibility index (Phi) is 4.20. The first-order valence-corrected chi connectivity index (χ1v) is 5.37. The predicted molar refractivity (Wildman–Crippen MR) is 66.8 cm³/mol. The van der Waals surface area contributed by atoms with Gasteiger partial charge in [-0.05, 0) is 42.6 Å². The first kappa shape index (κ1) is 11.8. The summed E-state index contributed by atoms with van der Waals surface area (Å²) in [6.07, 6.45) is 0.955. The summed E-state index contributed by atoms with van der Waals surface area (Å²) in [4.78, 5) is 1.33. The van der Waals surface area contributed by atoms with E-state index in [2.05, 4.69) is 12.1 Å². The molecule has 0 aliphatic carbocycles. The van der Waals surface area contributed by atoms with Crippen molar-refractivity contribution in [2.24, 2.45) is 5.73 Å². The lowest BCUT2D eigenvalue weighted by atomic mass is 10.2. The molecule has 1 heterocycles. The number of benzene rings is 1. The monoisotopic (exact) mass is 247 g/mol. The molecule has 1 aromatic heterocycles. The van der Waals surface area contributed by atoms with E-state index in [1.807, 2.05) is 12.1 Å².